The molecule has 11 heteroatoms. The molecule has 2 saturated heterocycles. The van der Waals surface area contributed by atoms with Crippen molar-refractivity contribution in [2.24, 2.45) is 5.92 Å². The van der Waals surface area contributed by atoms with Gasteiger partial charge in [-0.1, -0.05) is 0 Å². The Morgan fingerprint density at radius 3 is 2.52 bits per heavy atom. The number of carbonyl (C=O) groups is 2. The van der Waals surface area contributed by atoms with Crippen LogP contribution in [0.4, 0.5) is 0 Å². The van der Waals surface area contributed by atoms with Crippen LogP contribution in [0.25, 0.3) is 0 Å². The molecule has 0 saturated carbocycles. The summed E-state index contributed by atoms with van der Waals surface area (Å²) in [6.45, 7) is 4.20. The molecule has 33 heavy (non-hydrogen) atoms. The zero-order valence-electron chi connectivity index (χ0n) is 18.7. The molecule has 3 heterocycles. The number of benzene rings is 1. The number of piperidine rings is 1. The summed E-state index contributed by atoms with van der Waals surface area (Å²) in [5.74, 6) is 0.629. The maximum absolute atomic E-state index is 12.8. The van der Waals surface area contributed by atoms with Crippen molar-refractivity contribution >= 4 is 21.8 Å². The Balaban J connectivity index is 1.28. The van der Waals surface area contributed by atoms with Gasteiger partial charge in [-0.05, 0) is 25.0 Å². The molecular weight excluding hydrogens is 450 g/mol. The maximum Gasteiger partial charge on any atom is 0.240 e. The number of hydrogen-bond donors (Lipinski definition) is 1. The monoisotopic (exact) mass is 481 g/mol. The van der Waals surface area contributed by atoms with Gasteiger partial charge in [0.1, 0.15) is 0 Å². The average Bonchev–Trinajstić information content (AvgIpc) is 3.09. The molecule has 0 aromatic heterocycles. The largest absolute Gasteiger partial charge is 0.490 e. The van der Waals surface area contributed by atoms with Gasteiger partial charge in [0.15, 0.2) is 11.5 Å². The number of amides is 2. The second-order valence-corrected chi connectivity index (χ2v) is 10.2. The Morgan fingerprint density at radius 2 is 1.73 bits per heavy atom. The topological polar surface area (TPSA) is 114 Å². The van der Waals surface area contributed by atoms with Crippen LogP contribution in [0.1, 0.15) is 25.7 Å². The normalized spacial score (nSPS) is 21.4. The summed E-state index contributed by atoms with van der Waals surface area (Å²) in [5, 5.41) is 0. The molecule has 0 spiro atoms. The first-order valence-electron chi connectivity index (χ1n) is 11.5. The molecular formula is C22H31N3O7S. The third-order valence-electron chi connectivity index (χ3n) is 6.11. The predicted molar refractivity (Wildman–Crippen MR) is 119 cm³/mol. The minimum Gasteiger partial charge on any atom is -0.490 e. The number of likely N-dealkylation sites (tertiary alicyclic amines) is 1. The number of fused-ring (bicyclic) bond motifs is 1. The number of nitrogens with one attached hydrogen (secondary N) is 1. The summed E-state index contributed by atoms with van der Waals surface area (Å²) in [7, 11) is -3.80. The highest BCUT2D eigenvalue weighted by molar-refractivity contribution is 7.89. The van der Waals surface area contributed by atoms with Crippen LogP contribution in [0.5, 0.6) is 11.5 Å². The molecule has 1 aromatic carbocycles. The van der Waals surface area contributed by atoms with Crippen LogP contribution >= 0.6 is 0 Å². The van der Waals surface area contributed by atoms with Crippen molar-refractivity contribution in [1.29, 1.82) is 0 Å². The smallest absolute Gasteiger partial charge is 0.240 e. The first-order chi connectivity index (χ1) is 15.9. The van der Waals surface area contributed by atoms with E-state index in [1.54, 1.807) is 11.0 Å². The van der Waals surface area contributed by atoms with Gasteiger partial charge in [-0.15, -0.1) is 0 Å². The summed E-state index contributed by atoms with van der Waals surface area (Å²) in [4.78, 5) is 29.0. The van der Waals surface area contributed by atoms with Crippen LogP contribution in [0.2, 0.25) is 0 Å². The van der Waals surface area contributed by atoms with Gasteiger partial charge in [0, 0.05) is 51.6 Å². The molecule has 182 valence electrons. The Hall–Kier alpha value is -2.37. The zero-order chi connectivity index (χ0) is 23.3. The number of carbonyl (C=O) groups excluding carboxylic acids is 2. The van der Waals surface area contributed by atoms with Crippen LogP contribution < -0.4 is 14.2 Å². The lowest BCUT2D eigenvalue weighted by Gasteiger charge is -2.36. The standard InChI is InChI=1S/C22H31N3O7S/c26-21(25-8-1-3-17(16-25)22(27)24-9-13-30-14-10-24)6-7-23-33(28,29)18-4-5-19-20(15-18)32-12-2-11-31-19/h4-5,15,17,23H,1-3,6-14,16H2. The number of ether oxygens (including phenoxy) is 3. The Kier molecular flexibility index (Phi) is 7.71. The summed E-state index contributed by atoms with van der Waals surface area (Å²) >= 11 is 0. The summed E-state index contributed by atoms with van der Waals surface area (Å²) in [6.07, 6.45) is 2.28. The van der Waals surface area contributed by atoms with Gasteiger partial charge in [0.05, 0.1) is 37.2 Å². The Morgan fingerprint density at radius 1 is 0.970 bits per heavy atom. The molecule has 0 aliphatic carbocycles. The van der Waals surface area contributed by atoms with E-state index in [0.717, 1.165) is 19.3 Å². The number of sulfonamides is 1. The quantitative estimate of drug-likeness (QED) is 0.633. The molecule has 3 aliphatic rings. The van der Waals surface area contributed by atoms with E-state index in [4.69, 9.17) is 14.2 Å². The molecule has 3 aliphatic heterocycles. The highest BCUT2D eigenvalue weighted by atomic mass is 32.2. The molecule has 2 amide bonds. The summed E-state index contributed by atoms with van der Waals surface area (Å²) in [5.41, 5.74) is 0. The molecule has 1 N–H and O–H groups in total. The molecule has 10 nitrogen and oxygen atoms in total. The van der Waals surface area contributed by atoms with Gasteiger partial charge in [-0.3, -0.25) is 9.59 Å². The fraction of sp³-hybridized carbons (Fsp3) is 0.636. The van der Waals surface area contributed by atoms with Crippen LogP contribution in [-0.4, -0.2) is 89.2 Å². The lowest BCUT2D eigenvalue weighted by Crippen LogP contribution is -2.49. The molecule has 1 atom stereocenters. The molecule has 0 bridgehead atoms. The Bertz CT molecular complexity index is 963. The van der Waals surface area contributed by atoms with E-state index in [9.17, 15) is 18.0 Å². The zero-order valence-corrected chi connectivity index (χ0v) is 19.5. The van der Waals surface area contributed by atoms with E-state index in [2.05, 4.69) is 4.72 Å². The van der Waals surface area contributed by atoms with Crippen molar-refractivity contribution in [1.82, 2.24) is 14.5 Å². The van der Waals surface area contributed by atoms with Crippen LogP contribution in [-0.2, 0) is 24.3 Å². The third kappa shape index (κ3) is 5.96. The fourth-order valence-electron chi connectivity index (χ4n) is 4.29. The minimum atomic E-state index is -3.80. The van der Waals surface area contributed by atoms with Gasteiger partial charge in [0.2, 0.25) is 21.8 Å². The first-order valence-corrected chi connectivity index (χ1v) is 13.0. The van der Waals surface area contributed by atoms with E-state index in [1.807, 2.05) is 4.90 Å². The molecule has 2 fully saturated rings. The fourth-order valence-corrected chi connectivity index (χ4v) is 5.34. The minimum absolute atomic E-state index is 0.0197. The third-order valence-corrected chi connectivity index (χ3v) is 7.57. The van der Waals surface area contributed by atoms with Crippen LogP contribution in [0, 0.1) is 5.92 Å². The van der Waals surface area contributed by atoms with Gasteiger partial charge in [0.25, 0.3) is 0 Å². The van der Waals surface area contributed by atoms with E-state index < -0.39 is 10.0 Å². The van der Waals surface area contributed by atoms with Crippen molar-refractivity contribution in [3.05, 3.63) is 18.2 Å². The lowest BCUT2D eigenvalue weighted by molar-refractivity contribution is -0.143. The van der Waals surface area contributed by atoms with Crippen molar-refractivity contribution in [2.45, 2.75) is 30.6 Å². The van der Waals surface area contributed by atoms with E-state index in [-0.39, 0.29) is 35.6 Å². The van der Waals surface area contributed by atoms with Crippen molar-refractivity contribution < 1.29 is 32.2 Å². The van der Waals surface area contributed by atoms with Gasteiger partial charge < -0.3 is 24.0 Å². The second kappa shape index (κ2) is 10.7. The highest BCUT2D eigenvalue weighted by Crippen LogP contribution is 2.31. The highest BCUT2D eigenvalue weighted by Gasteiger charge is 2.31. The molecule has 0 radical (unpaired) electrons. The molecule has 1 aromatic rings. The van der Waals surface area contributed by atoms with Gasteiger partial charge in [-0.25, -0.2) is 13.1 Å². The predicted octanol–water partition coefficient (Wildman–Crippen LogP) is 0.614. The van der Waals surface area contributed by atoms with Crippen molar-refractivity contribution in [3.63, 3.8) is 0 Å². The van der Waals surface area contributed by atoms with E-state index in [0.29, 0.717) is 64.1 Å². The second-order valence-electron chi connectivity index (χ2n) is 8.42. The number of morpholine rings is 1. The van der Waals surface area contributed by atoms with E-state index >= 15 is 0 Å². The van der Waals surface area contributed by atoms with Crippen molar-refractivity contribution in [3.8, 4) is 11.5 Å². The average molecular weight is 482 g/mol. The van der Waals surface area contributed by atoms with Crippen LogP contribution in [0.3, 0.4) is 0 Å². The van der Waals surface area contributed by atoms with Gasteiger partial charge in [-0.2, -0.15) is 0 Å². The van der Waals surface area contributed by atoms with Gasteiger partial charge >= 0.3 is 0 Å². The summed E-state index contributed by atoms with van der Waals surface area (Å²) in [6, 6.07) is 4.49. The van der Waals surface area contributed by atoms with Crippen molar-refractivity contribution in [2.75, 3.05) is 59.2 Å². The number of hydrogen-bond acceptors (Lipinski definition) is 7. The maximum atomic E-state index is 12.8. The Labute approximate surface area is 194 Å². The number of nitrogens with zero attached hydrogens (tertiary/aromatic N) is 2. The molecule has 1 unspecified atom stereocenters. The van der Waals surface area contributed by atoms with E-state index in [1.165, 1.54) is 12.1 Å². The van der Waals surface area contributed by atoms with Crippen LogP contribution in [0.15, 0.2) is 23.1 Å². The lowest BCUT2D eigenvalue weighted by atomic mass is 9.96. The first kappa shape index (κ1) is 23.8. The molecule has 4 rings (SSSR count). The summed E-state index contributed by atoms with van der Waals surface area (Å²) < 4.78 is 44.3. The number of rotatable bonds is 6. The SMILES string of the molecule is O=C(CCNS(=O)(=O)c1ccc2c(c1)OCCCO2)N1CCCC(C(=O)N2CCOCC2)C1.